The molecule has 1 aromatic rings. The molecule has 138 valence electrons. The van der Waals surface area contributed by atoms with Gasteiger partial charge in [0.05, 0.1) is 6.61 Å². The molecule has 0 aliphatic carbocycles. The molecular formula is C17H22O8. The number of hydrogen-bond acceptors (Lipinski definition) is 8. The number of ether oxygens (including phenoxy) is 3. The van der Waals surface area contributed by atoms with Crippen LogP contribution in [-0.2, 0) is 30.4 Å². The zero-order valence-corrected chi connectivity index (χ0v) is 14.0. The van der Waals surface area contributed by atoms with Crippen LogP contribution in [0, 0.1) is 0 Å². The highest BCUT2D eigenvalue weighted by molar-refractivity contribution is 5.66. The quantitative estimate of drug-likeness (QED) is 0.623. The highest BCUT2D eigenvalue weighted by Crippen LogP contribution is 2.34. The van der Waals surface area contributed by atoms with Crippen molar-refractivity contribution in [2.24, 2.45) is 0 Å². The Morgan fingerprint density at radius 1 is 1.16 bits per heavy atom. The van der Waals surface area contributed by atoms with Gasteiger partial charge in [-0.3, -0.25) is 9.59 Å². The van der Waals surface area contributed by atoms with Crippen LogP contribution in [0.3, 0.4) is 0 Å². The lowest BCUT2D eigenvalue weighted by Gasteiger charge is -2.42. The fourth-order valence-corrected chi connectivity index (χ4v) is 2.75. The molecule has 0 bridgehead atoms. The summed E-state index contributed by atoms with van der Waals surface area (Å²) in [6.45, 7) is 1.95. The summed E-state index contributed by atoms with van der Waals surface area (Å²) in [6.07, 6.45) is -5.86. The van der Waals surface area contributed by atoms with Gasteiger partial charge in [-0.2, -0.15) is 0 Å². The van der Waals surface area contributed by atoms with Gasteiger partial charge in [0.15, 0.2) is 6.10 Å². The Bertz CT molecular complexity index is 616. The SMILES string of the molecule is CC(=O)OCC1O[C@H](c2cccc(CO)c2)C(O)C(O)[C@@H]1OC(C)=O. The maximum atomic E-state index is 11.3. The summed E-state index contributed by atoms with van der Waals surface area (Å²) in [7, 11) is 0. The lowest BCUT2D eigenvalue weighted by atomic mass is 9.90. The first-order valence-electron chi connectivity index (χ1n) is 7.85. The van der Waals surface area contributed by atoms with E-state index in [1.54, 1.807) is 24.3 Å². The summed E-state index contributed by atoms with van der Waals surface area (Å²) in [5.41, 5.74) is 1.15. The van der Waals surface area contributed by atoms with Crippen molar-refractivity contribution in [1.82, 2.24) is 0 Å². The Labute approximate surface area is 144 Å². The van der Waals surface area contributed by atoms with Gasteiger partial charge in [0.25, 0.3) is 0 Å². The molecule has 0 amide bonds. The number of hydrogen-bond donors (Lipinski definition) is 3. The van der Waals surface area contributed by atoms with E-state index in [9.17, 15) is 24.9 Å². The number of esters is 2. The van der Waals surface area contributed by atoms with E-state index >= 15 is 0 Å². The summed E-state index contributed by atoms with van der Waals surface area (Å²) in [4.78, 5) is 22.3. The van der Waals surface area contributed by atoms with E-state index in [4.69, 9.17) is 14.2 Å². The largest absolute Gasteiger partial charge is 0.463 e. The number of rotatable bonds is 5. The average Bonchev–Trinajstić information content (AvgIpc) is 2.58. The molecule has 0 aromatic heterocycles. The predicted octanol–water partition coefficient (Wildman–Crippen LogP) is -0.165. The minimum Gasteiger partial charge on any atom is -0.463 e. The van der Waals surface area contributed by atoms with E-state index in [0.717, 1.165) is 0 Å². The third-order valence-electron chi connectivity index (χ3n) is 3.90. The highest BCUT2D eigenvalue weighted by atomic mass is 16.6. The Morgan fingerprint density at radius 2 is 1.88 bits per heavy atom. The molecule has 1 aliphatic heterocycles. The van der Waals surface area contributed by atoms with Crippen LogP contribution in [0.4, 0.5) is 0 Å². The molecule has 8 nitrogen and oxygen atoms in total. The van der Waals surface area contributed by atoms with Crippen molar-refractivity contribution in [2.45, 2.75) is 51.0 Å². The van der Waals surface area contributed by atoms with Crippen LogP contribution in [0.5, 0.6) is 0 Å². The molecule has 0 radical (unpaired) electrons. The molecule has 1 fully saturated rings. The second-order valence-corrected chi connectivity index (χ2v) is 5.86. The summed E-state index contributed by atoms with van der Waals surface area (Å²) < 4.78 is 15.7. The molecule has 1 heterocycles. The second kappa shape index (κ2) is 8.39. The lowest BCUT2D eigenvalue weighted by Crippen LogP contribution is -2.57. The fourth-order valence-electron chi connectivity index (χ4n) is 2.75. The normalized spacial score (nSPS) is 29.1. The number of aliphatic hydroxyl groups is 3. The molecule has 1 aromatic carbocycles. The van der Waals surface area contributed by atoms with Crippen molar-refractivity contribution >= 4 is 11.9 Å². The molecule has 25 heavy (non-hydrogen) atoms. The van der Waals surface area contributed by atoms with Crippen molar-refractivity contribution in [2.75, 3.05) is 6.61 Å². The van der Waals surface area contributed by atoms with Crippen LogP contribution in [0.25, 0.3) is 0 Å². The number of benzene rings is 1. The summed E-state index contributed by atoms with van der Waals surface area (Å²) in [5, 5.41) is 30.0. The standard InChI is InChI=1S/C17H22O8/c1-9(19)23-8-13-17(24-10(2)20)15(22)14(21)16(25-13)12-5-3-4-11(6-12)7-18/h3-6,13-18,21-22H,7-8H2,1-2H3/t13?,14?,15?,16-,17-/m1/s1. The van der Waals surface area contributed by atoms with Crippen molar-refractivity contribution < 1.29 is 39.1 Å². The molecule has 0 saturated carbocycles. The second-order valence-electron chi connectivity index (χ2n) is 5.86. The molecule has 1 aliphatic rings. The third-order valence-corrected chi connectivity index (χ3v) is 3.90. The van der Waals surface area contributed by atoms with Gasteiger partial charge in [-0.15, -0.1) is 0 Å². The van der Waals surface area contributed by atoms with Gasteiger partial charge in [0.2, 0.25) is 0 Å². The summed E-state index contributed by atoms with van der Waals surface area (Å²) in [5.74, 6) is -1.21. The first-order chi connectivity index (χ1) is 11.8. The van der Waals surface area contributed by atoms with Gasteiger partial charge in [-0.05, 0) is 11.1 Å². The van der Waals surface area contributed by atoms with Gasteiger partial charge in [-0.25, -0.2) is 0 Å². The van der Waals surface area contributed by atoms with Crippen LogP contribution in [-0.4, -0.2) is 58.3 Å². The third kappa shape index (κ3) is 4.76. The van der Waals surface area contributed by atoms with E-state index in [-0.39, 0.29) is 13.2 Å². The molecule has 8 heteroatoms. The van der Waals surface area contributed by atoms with Gasteiger partial charge in [0.1, 0.15) is 31.0 Å². The molecule has 5 atom stereocenters. The lowest BCUT2D eigenvalue weighted by molar-refractivity contribution is -0.242. The van der Waals surface area contributed by atoms with Crippen LogP contribution in [0.15, 0.2) is 24.3 Å². The predicted molar refractivity (Wildman–Crippen MR) is 84.2 cm³/mol. The Balaban J connectivity index is 2.27. The fraction of sp³-hybridized carbons (Fsp3) is 0.529. The molecule has 2 rings (SSSR count). The van der Waals surface area contributed by atoms with Crippen molar-refractivity contribution in [3.8, 4) is 0 Å². The van der Waals surface area contributed by atoms with Crippen LogP contribution in [0.2, 0.25) is 0 Å². The van der Waals surface area contributed by atoms with Crippen molar-refractivity contribution in [3.63, 3.8) is 0 Å². The smallest absolute Gasteiger partial charge is 0.303 e. The van der Waals surface area contributed by atoms with Gasteiger partial charge in [0, 0.05) is 13.8 Å². The zero-order chi connectivity index (χ0) is 18.6. The summed E-state index contributed by atoms with van der Waals surface area (Å²) in [6, 6.07) is 6.69. The number of carbonyl (C=O) groups excluding carboxylic acids is 2. The molecule has 1 saturated heterocycles. The maximum absolute atomic E-state index is 11.3. The molecule has 0 spiro atoms. The highest BCUT2D eigenvalue weighted by Gasteiger charge is 2.47. The number of aliphatic hydroxyl groups excluding tert-OH is 3. The maximum Gasteiger partial charge on any atom is 0.303 e. The summed E-state index contributed by atoms with van der Waals surface area (Å²) >= 11 is 0. The van der Waals surface area contributed by atoms with Crippen molar-refractivity contribution in [1.29, 1.82) is 0 Å². The van der Waals surface area contributed by atoms with E-state index in [1.165, 1.54) is 13.8 Å². The van der Waals surface area contributed by atoms with E-state index in [0.29, 0.717) is 11.1 Å². The number of carbonyl (C=O) groups is 2. The van der Waals surface area contributed by atoms with E-state index in [1.807, 2.05) is 0 Å². The van der Waals surface area contributed by atoms with Crippen LogP contribution >= 0.6 is 0 Å². The Kier molecular flexibility index (Phi) is 6.49. The van der Waals surface area contributed by atoms with E-state index < -0.39 is 42.5 Å². The molecule has 3 N–H and O–H groups in total. The minimum absolute atomic E-state index is 0.188. The first kappa shape index (κ1) is 19.3. The zero-order valence-electron chi connectivity index (χ0n) is 14.0. The monoisotopic (exact) mass is 354 g/mol. The van der Waals surface area contributed by atoms with E-state index in [2.05, 4.69) is 0 Å². The minimum atomic E-state index is -1.43. The van der Waals surface area contributed by atoms with Crippen molar-refractivity contribution in [3.05, 3.63) is 35.4 Å². The van der Waals surface area contributed by atoms with Gasteiger partial charge < -0.3 is 29.5 Å². The van der Waals surface area contributed by atoms with Crippen LogP contribution in [0.1, 0.15) is 31.1 Å². The topological polar surface area (TPSA) is 123 Å². The van der Waals surface area contributed by atoms with Crippen LogP contribution < -0.4 is 0 Å². The first-order valence-corrected chi connectivity index (χ1v) is 7.85. The average molecular weight is 354 g/mol. The van der Waals surface area contributed by atoms with Gasteiger partial charge >= 0.3 is 11.9 Å². The van der Waals surface area contributed by atoms with Gasteiger partial charge in [-0.1, -0.05) is 24.3 Å². The Morgan fingerprint density at radius 3 is 2.48 bits per heavy atom. The Hall–Kier alpha value is -2.00. The molecular weight excluding hydrogens is 332 g/mol. The molecule has 3 unspecified atom stereocenters.